The monoisotopic (exact) mass is 290 g/mol. The van der Waals surface area contributed by atoms with E-state index in [2.05, 4.69) is 0 Å². The number of likely N-dealkylation sites (tertiary alicyclic amines) is 1. The highest BCUT2D eigenvalue weighted by molar-refractivity contribution is 5.92. The number of nitrogens with zero attached hydrogens (tertiary/aromatic N) is 2. The second-order valence-corrected chi connectivity index (χ2v) is 5.17. The molecular weight excluding hydrogens is 276 g/mol. The van der Waals surface area contributed by atoms with E-state index in [1.54, 1.807) is 19.2 Å². The lowest BCUT2D eigenvalue weighted by molar-refractivity contribution is -0.131. The van der Waals surface area contributed by atoms with E-state index in [9.17, 15) is 14.4 Å². The van der Waals surface area contributed by atoms with Gasteiger partial charge < -0.3 is 9.52 Å². The fourth-order valence-corrected chi connectivity index (χ4v) is 2.72. The summed E-state index contributed by atoms with van der Waals surface area (Å²) in [6.07, 6.45) is -0.488. The number of amides is 2. The molecule has 1 N–H and O–H groups in total. The Morgan fingerprint density at radius 2 is 2.14 bits per heavy atom. The highest BCUT2D eigenvalue weighted by atomic mass is 16.4. The molecule has 2 aromatic rings. The Morgan fingerprint density at radius 1 is 1.38 bits per heavy atom. The SMILES string of the molecule is Cn1c(=O)oc2cc(C3CCN(C(=O)O)C(=O)C3)ccc21. The van der Waals surface area contributed by atoms with E-state index in [4.69, 9.17) is 9.52 Å². The minimum absolute atomic E-state index is 0.0528. The largest absolute Gasteiger partial charge is 0.465 e. The third-order valence-corrected chi connectivity index (χ3v) is 3.94. The summed E-state index contributed by atoms with van der Waals surface area (Å²) in [5.41, 5.74) is 2.06. The summed E-state index contributed by atoms with van der Waals surface area (Å²) in [6.45, 7) is 0.190. The molecule has 0 spiro atoms. The van der Waals surface area contributed by atoms with Gasteiger partial charge in [-0.1, -0.05) is 6.07 Å². The zero-order valence-corrected chi connectivity index (χ0v) is 11.4. The third kappa shape index (κ3) is 2.20. The van der Waals surface area contributed by atoms with E-state index in [1.165, 1.54) is 4.57 Å². The van der Waals surface area contributed by atoms with Crippen molar-refractivity contribution in [3.05, 3.63) is 34.3 Å². The number of carbonyl (C=O) groups is 2. The van der Waals surface area contributed by atoms with Crippen LogP contribution in [0.5, 0.6) is 0 Å². The van der Waals surface area contributed by atoms with Crippen molar-refractivity contribution >= 4 is 23.1 Å². The number of fused-ring (bicyclic) bond motifs is 1. The molecule has 2 amide bonds. The summed E-state index contributed by atoms with van der Waals surface area (Å²) in [6, 6.07) is 5.39. The van der Waals surface area contributed by atoms with Crippen LogP contribution in [0.15, 0.2) is 27.4 Å². The number of benzene rings is 1. The summed E-state index contributed by atoms with van der Waals surface area (Å²) in [7, 11) is 1.63. The Kier molecular flexibility index (Phi) is 3.04. The van der Waals surface area contributed by atoms with E-state index in [-0.39, 0.29) is 18.9 Å². The Labute approximate surface area is 119 Å². The minimum Gasteiger partial charge on any atom is -0.465 e. The normalized spacial score (nSPS) is 19.2. The van der Waals surface area contributed by atoms with Gasteiger partial charge in [0.1, 0.15) is 0 Å². The summed E-state index contributed by atoms with van der Waals surface area (Å²) in [5.74, 6) is -0.879. The first-order valence-corrected chi connectivity index (χ1v) is 6.60. The van der Waals surface area contributed by atoms with E-state index >= 15 is 0 Å². The highest BCUT2D eigenvalue weighted by Crippen LogP contribution is 2.30. The molecule has 7 heteroatoms. The van der Waals surface area contributed by atoms with E-state index in [1.807, 2.05) is 6.07 Å². The molecule has 1 saturated heterocycles. The van der Waals surface area contributed by atoms with Crippen LogP contribution in [-0.4, -0.2) is 33.1 Å². The van der Waals surface area contributed by atoms with E-state index in [0.717, 1.165) is 10.5 Å². The number of aromatic nitrogens is 1. The molecule has 1 unspecified atom stereocenters. The molecule has 1 aliphatic rings. The zero-order valence-electron chi connectivity index (χ0n) is 11.4. The van der Waals surface area contributed by atoms with Crippen LogP contribution in [0.1, 0.15) is 24.3 Å². The van der Waals surface area contributed by atoms with Crippen LogP contribution < -0.4 is 5.76 Å². The van der Waals surface area contributed by atoms with Gasteiger partial charge in [0.15, 0.2) is 5.58 Å². The maximum atomic E-state index is 11.8. The Hall–Kier alpha value is -2.57. The van der Waals surface area contributed by atoms with Crippen LogP contribution >= 0.6 is 0 Å². The molecule has 1 atom stereocenters. The molecule has 0 aliphatic carbocycles. The number of hydrogen-bond acceptors (Lipinski definition) is 4. The maximum Gasteiger partial charge on any atom is 0.419 e. The summed E-state index contributed by atoms with van der Waals surface area (Å²) < 4.78 is 6.55. The van der Waals surface area contributed by atoms with Gasteiger partial charge in [-0.05, 0) is 30.0 Å². The summed E-state index contributed by atoms with van der Waals surface area (Å²) >= 11 is 0. The van der Waals surface area contributed by atoms with Gasteiger partial charge in [0, 0.05) is 20.0 Å². The zero-order chi connectivity index (χ0) is 15.1. The van der Waals surface area contributed by atoms with E-state index < -0.39 is 17.8 Å². The molecule has 1 aliphatic heterocycles. The topological polar surface area (TPSA) is 92.8 Å². The molecule has 1 fully saturated rings. The second kappa shape index (κ2) is 4.76. The van der Waals surface area contributed by atoms with Crippen molar-refractivity contribution in [2.45, 2.75) is 18.8 Å². The lowest BCUT2D eigenvalue weighted by Crippen LogP contribution is -2.41. The molecule has 1 aromatic heterocycles. The molecule has 3 rings (SSSR count). The number of aryl methyl sites for hydroxylation is 1. The summed E-state index contributed by atoms with van der Waals surface area (Å²) in [5, 5.41) is 8.89. The maximum absolute atomic E-state index is 11.8. The number of rotatable bonds is 1. The Balaban J connectivity index is 1.90. The van der Waals surface area contributed by atoms with Crippen LogP contribution in [0.4, 0.5) is 4.79 Å². The molecule has 0 saturated carbocycles. The molecule has 21 heavy (non-hydrogen) atoms. The average Bonchev–Trinajstić information content (AvgIpc) is 2.73. The number of carboxylic acid groups (broad SMARTS) is 1. The fourth-order valence-electron chi connectivity index (χ4n) is 2.72. The van der Waals surface area contributed by atoms with Crippen LogP contribution in [0, 0.1) is 0 Å². The van der Waals surface area contributed by atoms with Gasteiger partial charge in [0.25, 0.3) is 0 Å². The molecular formula is C14H14N2O5. The fraction of sp³-hybridized carbons (Fsp3) is 0.357. The lowest BCUT2D eigenvalue weighted by atomic mass is 9.89. The van der Waals surface area contributed by atoms with Crippen LogP contribution in [0.2, 0.25) is 0 Å². The van der Waals surface area contributed by atoms with Crippen molar-refractivity contribution in [1.29, 1.82) is 0 Å². The Bertz CT molecular complexity index is 788. The molecule has 110 valence electrons. The van der Waals surface area contributed by atoms with Crippen molar-refractivity contribution in [1.82, 2.24) is 9.47 Å². The second-order valence-electron chi connectivity index (χ2n) is 5.17. The highest BCUT2D eigenvalue weighted by Gasteiger charge is 2.30. The van der Waals surface area contributed by atoms with Crippen molar-refractivity contribution < 1.29 is 19.1 Å². The number of imide groups is 1. The predicted octanol–water partition coefficient (Wildman–Crippen LogP) is 1.52. The number of oxazole rings is 1. The van der Waals surface area contributed by atoms with Crippen LogP contribution in [0.25, 0.3) is 11.1 Å². The van der Waals surface area contributed by atoms with Gasteiger partial charge in [0.05, 0.1) is 5.52 Å². The van der Waals surface area contributed by atoms with Crippen LogP contribution in [-0.2, 0) is 11.8 Å². The average molecular weight is 290 g/mol. The first-order chi connectivity index (χ1) is 9.97. The van der Waals surface area contributed by atoms with Gasteiger partial charge in [-0.2, -0.15) is 0 Å². The standard InChI is InChI=1S/C14H14N2O5/c1-15-10-3-2-8(6-11(10)21-14(15)20)9-4-5-16(13(18)19)12(17)7-9/h2-3,6,9H,4-5,7H2,1H3,(H,18,19). The lowest BCUT2D eigenvalue weighted by Gasteiger charge is -2.28. The van der Waals surface area contributed by atoms with Gasteiger partial charge in [0.2, 0.25) is 5.91 Å². The molecule has 0 bridgehead atoms. The van der Waals surface area contributed by atoms with Gasteiger partial charge in [-0.25, -0.2) is 14.5 Å². The van der Waals surface area contributed by atoms with Gasteiger partial charge in [-0.3, -0.25) is 9.36 Å². The quantitative estimate of drug-likeness (QED) is 0.859. The smallest absolute Gasteiger partial charge is 0.419 e. The number of piperidine rings is 1. The first kappa shape index (κ1) is 13.4. The number of hydrogen-bond donors (Lipinski definition) is 1. The third-order valence-electron chi connectivity index (χ3n) is 3.94. The van der Waals surface area contributed by atoms with Crippen molar-refractivity contribution in [2.24, 2.45) is 7.05 Å². The van der Waals surface area contributed by atoms with Crippen molar-refractivity contribution in [2.75, 3.05) is 6.54 Å². The number of carbonyl (C=O) groups excluding carboxylic acids is 1. The molecule has 7 nitrogen and oxygen atoms in total. The van der Waals surface area contributed by atoms with Crippen LogP contribution in [0.3, 0.4) is 0 Å². The Morgan fingerprint density at radius 3 is 2.81 bits per heavy atom. The predicted molar refractivity (Wildman–Crippen MR) is 73.2 cm³/mol. The molecule has 0 radical (unpaired) electrons. The van der Waals surface area contributed by atoms with Crippen molar-refractivity contribution in [3.63, 3.8) is 0 Å². The van der Waals surface area contributed by atoms with Gasteiger partial charge in [-0.15, -0.1) is 0 Å². The first-order valence-electron chi connectivity index (χ1n) is 6.60. The van der Waals surface area contributed by atoms with Crippen molar-refractivity contribution in [3.8, 4) is 0 Å². The summed E-state index contributed by atoms with van der Waals surface area (Å²) in [4.78, 5) is 35.0. The van der Waals surface area contributed by atoms with Gasteiger partial charge >= 0.3 is 11.8 Å². The molecule has 2 heterocycles. The molecule has 1 aromatic carbocycles. The minimum atomic E-state index is -1.21. The van der Waals surface area contributed by atoms with E-state index in [0.29, 0.717) is 17.5 Å².